The molecule has 0 amide bonds. The Morgan fingerprint density at radius 1 is 1.73 bits per heavy atom. The SMILES string of the molecule is CCSC(C)CC(C)(N)C#N. The molecule has 0 aromatic heterocycles. The smallest absolute Gasteiger partial charge is 0.102 e. The fourth-order valence-electron chi connectivity index (χ4n) is 0.986. The van der Waals surface area contributed by atoms with E-state index in [0.29, 0.717) is 5.25 Å². The molecule has 0 rings (SSSR count). The van der Waals surface area contributed by atoms with Crippen LogP contribution in [0.3, 0.4) is 0 Å². The monoisotopic (exact) mass is 172 g/mol. The van der Waals surface area contributed by atoms with E-state index in [1.54, 1.807) is 6.92 Å². The van der Waals surface area contributed by atoms with Crippen LogP contribution < -0.4 is 5.73 Å². The Bertz CT molecular complexity index is 149. The topological polar surface area (TPSA) is 49.8 Å². The van der Waals surface area contributed by atoms with Crippen LogP contribution in [0, 0.1) is 11.3 Å². The molecule has 64 valence electrons. The summed E-state index contributed by atoms with van der Waals surface area (Å²) >= 11 is 1.84. The lowest BCUT2D eigenvalue weighted by Crippen LogP contribution is -2.36. The van der Waals surface area contributed by atoms with Crippen molar-refractivity contribution in [2.45, 2.75) is 38.0 Å². The van der Waals surface area contributed by atoms with Crippen molar-refractivity contribution in [3.63, 3.8) is 0 Å². The van der Waals surface area contributed by atoms with Gasteiger partial charge >= 0.3 is 0 Å². The van der Waals surface area contributed by atoms with Gasteiger partial charge in [-0.15, -0.1) is 0 Å². The van der Waals surface area contributed by atoms with Crippen molar-refractivity contribution >= 4 is 11.8 Å². The molecular weight excluding hydrogens is 156 g/mol. The van der Waals surface area contributed by atoms with Gasteiger partial charge in [-0.3, -0.25) is 0 Å². The van der Waals surface area contributed by atoms with Crippen LogP contribution in [0.25, 0.3) is 0 Å². The summed E-state index contributed by atoms with van der Waals surface area (Å²) in [4.78, 5) is 0. The molecule has 0 aliphatic carbocycles. The summed E-state index contributed by atoms with van der Waals surface area (Å²) in [6, 6.07) is 2.10. The summed E-state index contributed by atoms with van der Waals surface area (Å²) in [7, 11) is 0. The zero-order valence-corrected chi connectivity index (χ0v) is 8.24. The minimum atomic E-state index is -0.651. The Morgan fingerprint density at radius 3 is 2.64 bits per heavy atom. The van der Waals surface area contributed by atoms with Crippen LogP contribution in [-0.2, 0) is 0 Å². The number of nitriles is 1. The summed E-state index contributed by atoms with van der Waals surface area (Å²) in [6.45, 7) is 6.00. The second-order valence-electron chi connectivity index (χ2n) is 3.00. The van der Waals surface area contributed by atoms with Crippen molar-refractivity contribution < 1.29 is 0 Å². The maximum absolute atomic E-state index is 8.63. The Balaban J connectivity index is 3.76. The molecule has 0 spiro atoms. The molecular formula is C8H16N2S. The van der Waals surface area contributed by atoms with Crippen LogP contribution >= 0.6 is 11.8 Å². The molecule has 0 heterocycles. The summed E-state index contributed by atoms with van der Waals surface area (Å²) < 4.78 is 0. The highest BCUT2D eigenvalue weighted by atomic mass is 32.2. The van der Waals surface area contributed by atoms with Gasteiger partial charge in [0.1, 0.15) is 5.54 Å². The van der Waals surface area contributed by atoms with Gasteiger partial charge in [-0.05, 0) is 19.1 Å². The first-order valence-corrected chi connectivity index (χ1v) is 4.88. The highest BCUT2D eigenvalue weighted by molar-refractivity contribution is 7.99. The van der Waals surface area contributed by atoms with Gasteiger partial charge in [0.05, 0.1) is 6.07 Å². The third-order valence-corrected chi connectivity index (χ3v) is 2.49. The molecule has 2 unspecified atom stereocenters. The Morgan fingerprint density at radius 2 is 2.27 bits per heavy atom. The molecule has 11 heavy (non-hydrogen) atoms. The third kappa shape index (κ3) is 5.11. The lowest BCUT2D eigenvalue weighted by molar-refractivity contribution is 0.545. The number of hydrogen-bond acceptors (Lipinski definition) is 3. The van der Waals surface area contributed by atoms with Crippen molar-refractivity contribution in [3.8, 4) is 6.07 Å². The minimum Gasteiger partial charge on any atom is -0.314 e. The summed E-state index contributed by atoms with van der Waals surface area (Å²) in [5.74, 6) is 1.09. The first kappa shape index (κ1) is 10.8. The zero-order chi connectivity index (χ0) is 8.91. The zero-order valence-electron chi connectivity index (χ0n) is 7.42. The molecule has 0 saturated carbocycles. The summed E-state index contributed by atoms with van der Waals surface area (Å²) in [5, 5.41) is 9.11. The fourth-order valence-corrected chi connectivity index (χ4v) is 2.02. The van der Waals surface area contributed by atoms with Crippen LogP contribution in [-0.4, -0.2) is 16.5 Å². The van der Waals surface area contributed by atoms with Crippen molar-refractivity contribution in [2.24, 2.45) is 5.73 Å². The first-order valence-electron chi connectivity index (χ1n) is 3.83. The number of thioether (sulfide) groups is 1. The predicted octanol–water partition coefficient (Wildman–Crippen LogP) is 1.76. The highest BCUT2D eigenvalue weighted by Crippen LogP contribution is 2.19. The van der Waals surface area contributed by atoms with Crippen LogP contribution in [0.15, 0.2) is 0 Å². The van der Waals surface area contributed by atoms with Crippen LogP contribution in [0.5, 0.6) is 0 Å². The lowest BCUT2D eigenvalue weighted by atomic mass is 10.00. The van der Waals surface area contributed by atoms with Gasteiger partial charge in [-0.25, -0.2) is 0 Å². The molecule has 3 heteroatoms. The van der Waals surface area contributed by atoms with E-state index in [0.717, 1.165) is 12.2 Å². The van der Waals surface area contributed by atoms with Gasteiger partial charge in [-0.1, -0.05) is 13.8 Å². The highest BCUT2D eigenvalue weighted by Gasteiger charge is 2.20. The number of nitrogens with two attached hydrogens (primary N) is 1. The van der Waals surface area contributed by atoms with Crippen molar-refractivity contribution in [1.82, 2.24) is 0 Å². The molecule has 0 aromatic carbocycles. The average Bonchev–Trinajstić information content (AvgIpc) is 1.87. The van der Waals surface area contributed by atoms with E-state index in [2.05, 4.69) is 19.9 Å². The van der Waals surface area contributed by atoms with E-state index in [4.69, 9.17) is 11.0 Å². The molecule has 0 aliphatic rings. The normalized spacial score (nSPS) is 18.5. The van der Waals surface area contributed by atoms with Crippen LogP contribution in [0.2, 0.25) is 0 Å². The van der Waals surface area contributed by atoms with Gasteiger partial charge in [0, 0.05) is 5.25 Å². The molecule has 0 aliphatic heterocycles. The molecule has 0 radical (unpaired) electrons. The van der Waals surface area contributed by atoms with Crippen molar-refractivity contribution in [3.05, 3.63) is 0 Å². The standard InChI is InChI=1S/C8H16N2S/c1-4-11-7(2)5-8(3,10)6-9/h7H,4-5,10H2,1-3H3. The van der Waals surface area contributed by atoms with Gasteiger partial charge in [0.25, 0.3) is 0 Å². The van der Waals surface area contributed by atoms with Crippen LogP contribution in [0.1, 0.15) is 27.2 Å². The van der Waals surface area contributed by atoms with Crippen LogP contribution in [0.4, 0.5) is 0 Å². The number of hydrogen-bond donors (Lipinski definition) is 1. The largest absolute Gasteiger partial charge is 0.314 e. The van der Waals surface area contributed by atoms with Crippen molar-refractivity contribution in [2.75, 3.05) is 5.75 Å². The molecule has 0 saturated heterocycles. The number of nitrogens with zero attached hydrogens (tertiary/aromatic N) is 1. The predicted molar refractivity (Wildman–Crippen MR) is 50.4 cm³/mol. The van der Waals surface area contributed by atoms with E-state index < -0.39 is 5.54 Å². The van der Waals surface area contributed by atoms with E-state index in [-0.39, 0.29) is 0 Å². The van der Waals surface area contributed by atoms with Crippen molar-refractivity contribution in [1.29, 1.82) is 5.26 Å². The summed E-state index contributed by atoms with van der Waals surface area (Å²) in [6.07, 6.45) is 0.766. The molecule has 2 atom stereocenters. The molecule has 2 N–H and O–H groups in total. The quantitative estimate of drug-likeness (QED) is 0.703. The fraction of sp³-hybridized carbons (Fsp3) is 0.875. The van der Waals surface area contributed by atoms with E-state index in [1.807, 2.05) is 11.8 Å². The van der Waals surface area contributed by atoms with Gasteiger partial charge < -0.3 is 5.73 Å². The Hall–Kier alpha value is -0.200. The van der Waals surface area contributed by atoms with E-state index in [9.17, 15) is 0 Å². The molecule has 0 fully saturated rings. The average molecular weight is 172 g/mol. The minimum absolute atomic E-state index is 0.481. The van der Waals surface area contributed by atoms with E-state index in [1.165, 1.54) is 0 Å². The second kappa shape index (κ2) is 4.63. The lowest BCUT2D eigenvalue weighted by Gasteiger charge is -2.19. The Kier molecular flexibility index (Phi) is 4.55. The number of rotatable bonds is 4. The van der Waals surface area contributed by atoms with Gasteiger partial charge in [0.2, 0.25) is 0 Å². The van der Waals surface area contributed by atoms with Gasteiger partial charge in [-0.2, -0.15) is 17.0 Å². The molecule has 0 bridgehead atoms. The van der Waals surface area contributed by atoms with Gasteiger partial charge in [0.15, 0.2) is 0 Å². The maximum atomic E-state index is 8.63. The third-order valence-electron chi connectivity index (χ3n) is 1.42. The maximum Gasteiger partial charge on any atom is 0.102 e. The summed E-state index contributed by atoms with van der Waals surface area (Å²) in [5.41, 5.74) is 5.02. The molecule has 0 aromatic rings. The second-order valence-corrected chi connectivity index (χ2v) is 4.71. The van der Waals surface area contributed by atoms with E-state index >= 15 is 0 Å². The Labute approximate surface area is 73.1 Å². The first-order chi connectivity index (χ1) is 5.02. The molecule has 2 nitrogen and oxygen atoms in total.